The van der Waals surface area contributed by atoms with Crippen molar-refractivity contribution in [2.24, 2.45) is 5.10 Å². The van der Waals surface area contributed by atoms with Gasteiger partial charge in [0.05, 0.1) is 17.7 Å². The van der Waals surface area contributed by atoms with E-state index in [4.69, 9.17) is 4.74 Å². The molecule has 0 unspecified atom stereocenters. The third-order valence-electron chi connectivity index (χ3n) is 3.72. The molecule has 0 bridgehead atoms. The number of methoxy groups -OCH3 is 1. The minimum Gasteiger partial charge on any atom is -0.495 e. The Morgan fingerprint density at radius 2 is 1.89 bits per heavy atom. The van der Waals surface area contributed by atoms with Crippen LogP contribution in [0.1, 0.15) is 37.0 Å². The molecule has 27 heavy (non-hydrogen) atoms. The lowest BCUT2D eigenvalue weighted by Gasteiger charge is -2.12. The van der Waals surface area contributed by atoms with Crippen LogP contribution in [0.15, 0.2) is 58.5 Å². The molecular weight excluding hydrogens is 366 g/mol. The van der Waals surface area contributed by atoms with Gasteiger partial charge in [0.2, 0.25) is 0 Å². The topological polar surface area (TPSA) is 96.9 Å². The molecule has 0 radical (unpaired) electrons. The molecule has 0 spiro atoms. The van der Waals surface area contributed by atoms with E-state index in [1.807, 2.05) is 13.8 Å². The van der Waals surface area contributed by atoms with E-state index < -0.39 is 15.9 Å². The summed E-state index contributed by atoms with van der Waals surface area (Å²) < 4.78 is 33.0. The van der Waals surface area contributed by atoms with E-state index in [1.54, 1.807) is 24.3 Å². The predicted molar refractivity (Wildman–Crippen MR) is 106 cm³/mol. The maximum Gasteiger partial charge on any atom is 0.271 e. The first kappa shape index (κ1) is 20.4. The Morgan fingerprint density at radius 3 is 2.59 bits per heavy atom. The molecule has 0 aliphatic rings. The van der Waals surface area contributed by atoms with Gasteiger partial charge < -0.3 is 4.74 Å². The summed E-state index contributed by atoms with van der Waals surface area (Å²) in [6, 6.07) is 12.4. The Morgan fingerprint density at radius 1 is 1.15 bits per heavy atom. The molecule has 2 aromatic rings. The summed E-state index contributed by atoms with van der Waals surface area (Å²) in [7, 11) is -2.43. The molecule has 0 heterocycles. The van der Waals surface area contributed by atoms with Crippen LogP contribution in [0.25, 0.3) is 0 Å². The number of para-hydroxylation sites is 2. The third kappa shape index (κ3) is 5.55. The maximum atomic E-state index is 12.7. The van der Waals surface area contributed by atoms with Crippen molar-refractivity contribution in [2.75, 3.05) is 11.8 Å². The van der Waals surface area contributed by atoms with Gasteiger partial charge in [0.1, 0.15) is 5.75 Å². The molecular formula is C19H23N3O4S. The first-order valence-corrected chi connectivity index (χ1v) is 9.95. The van der Waals surface area contributed by atoms with Gasteiger partial charge in [0.15, 0.2) is 0 Å². The highest BCUT2D eigenvalue weighted by Gasteiger charge is 2.18. The number of benzene rings is 2. The summed E-state index contributed by atoms with van der Waals surface area (Å²) in [6.07, 6.45) is 1.70. The zero-order valence-electron chi connectivity index (χ0n) is 15.5. The lowest BCUT2D eigenvalue weighted by molar-refractivity contribution is 0.0954. The fraction of sp³-hybridized carbons (Fsp3) is 0.263. The number of sulfonamides is 1. The van der Waals surface area contributed by atoms with Crippen LogP contribution in [0.2, 0.25) is 0 Å². The molecule has 0 fully saturated rings. The summed E-state index contributed by atoms with van der Waals surface area (Å²) in [5.41, 5.74) is 3.76. The average molecular weight is 389 g/mol. The number of ether oxygens (including phenoxy) is 1. The molecule has 7 nitrogen and oxygen atoms in total. The van der Waals surface area contributed by atoms with Gasteiger partial charge in [-0.25, -0.2) is 13.8 Å². The number of nitrogens with zero attached hydrogens (tertiary/aromatic N) is 1. The van der Waals surface area contributed by atoms with Crippen molar-refractivity contribution in [1.29, 1.82) is 0 Å². The summed E-state index contributed by atoms with van der Waals surface area (Å²) >= 11 is 0. The van der Waals surface area contributed by atoms with Crippen LogP contribution in [0.5, 0.6) is 5.75 Å². The summed E-state index contributed by atoms with van der Waals surface area (Å²) in [6.45, 7) is 3.84. The molecule has 0 saturated heterocycles. The normalized spacial score (nSPS) is 11.7. The molecule has 0 aliphatic heterocycles. The molecule has 0 atom stereocenters. The van der Waals surface area contributed by atoms with Crippen LogP contribution in [0.3, 0.4) is 0 Å². The molecule has 0 saturated carbocycles. The number of carbonyl (C=O) groups is 1. The summed E-state index contributed by atoms with van der Waals surface area (Å²) in [5.74, 6) is -0.0736. The second-order valence-electron chi connectivity index (χ2n) is 5.87. The number of hydrazone groups is 1. The number of nitrogens with one attached hydrogen (secondary N) is 2. The van der Waals surface area contributed by atoms with E-state index in [0.717, 1.165) is 18.6 Å². The van der Waals surface area contributed by atoms with Crippen LogP contribution in [0.4, 0.5) is 5.69 Å². The summed E-state index contributed by atoms with van der Waals surface area (Å²) in [4.78, 5) is 12.2. The van der Waals surface area contributed by atoms with Gasteiger partial charge in [0, 0.05) is 11.3 Å². The standard InChI is InChI=1S/C19H23N3O4S/c1-4-8-14(2)20-21-19(23)15-9-7-10-16(13-15)27(24,25)22-17-11-5-6-12-18(17)26-3/h5-7,9-13,22H,4,8H2,1-3H3,(H,21,23)/b20-14-. The van der Waals surface area contributed by atoms with Gasteiger partial charge in [-0.15, -0.1) is 0 Å². The second kappa shape index (κ2) is 9.18. The van der Waals surface area contributed by atoms with E-state index in [0.29, 0.717) is 11.4 Å². The Bertz CT molecular complexity index is 939. The van der Waals surface area contributed by atoms with Gasteiger partial charge in [0.25, 0.3) is 15.9 Å². The zero-order valence-corrected chi connectivity index (χ0v) is 16.3. The highest BCUT2D eigenvalue weighted by atomic mass is 32.2. The van der Waals surface area contributed by atoms with Gasteiger partial charge in [-0.1, -0.05) is 31.5 Å². The smallest absolute Gasteiger partial charge is 0.271 e. The lowest BCUT2D eigenvalue weighted by atomic mass is 10.2. The first-order valence-electron chi connectivity index (χ1n) is 8.46. The summed E-state index contributed by atoms with van der Waals surface area (Å²) in [5, 5.41) is 4.01. The van der Waals surface area contributed by atoms with Crippen LogP contribution >= 0.6 is 0 Å². The number of rotatable bonds is 8. The Kier molecular flexibility index (Phi) is 6.95. The largest absolute Gasteiger partial charge is 0.495 e. The number of anilines is 1. The van der Waals surface area contributed by atoms with Gasteiger partial charge >= 0.3 is 0 Å². The van der Waals surface area contributed by atoms with E-state index in [1.165, 1.54) is 31.4 Å². The fourth-order valence-corrected chi connectivity index (χ4v) is 3.48. The number of carbonyl (C=O) groups excluding carboxylic acids is 1. The average Bonchev–Trinajstić information content (AvgIpc) is 2.66. The SMILES string of the molecule is CCC/C(C)=N\NC(=O)c1cccc(S(=O)(=O)Nc2ccccc2OC)c1. The van der Waals surface area contributed by atoms with Crippen molar-refractivity contribution in [3.8, 4) is 5.75 Å². The molecule has 2 aromatic carbocycles. The van der Waals surface area contributed by atoms with Crippen molar-refractivity contribution in [1.82, 2.24) is 5.43 Å². The minimum absolute atomic E-state index is 0.0321. The molecule has 2 rings (SSSR count). The van der Waals surface area contributed by atoms with E-state index >= 15 is 0 Å². The van der Waals surface area contributed by atoms with Gasteiger partial charge in [-0.05, 0) is 43.7 Å². The van der Waals surface area contributed by atoms with Crippen molar-refractivity contribution < 1.29 is 17.9 Å². The van der Waals surface area contributed by atoms with Crippen LogP contribution in [0, 0.1) is 0 Å². The Hall–Kier alpha value is -2.87. The first-order chi connectivity index (χ1) is 12.9. The molecule has 8 heteroatoms. The molecule has 0 aliphatic carbocycles. The van der Waals surface area contributed by atoms with Gasteiger partial charge in [-0.2, -0.15) is 5.10 Å². The fourth-order valence-electron chi connectivity index (χ4n) is 2.37. The van der Waals surface area contributed by atoms with E-state index in [-0.39, 0.29) is 10.5 Å². The van der Waals surface area contributed by atoms with Gasteiger partial charge in [-0.3, -0.25) is 9.52 Å². The lowest BCUT2D eigenvalue weighted by Crippen LogP contribution is -2.20. The van der Waals surface area contributed by atoms with Crippen LogP contribution < -0.4 is 14.9 Å². The second-order valence-corrected chi connectivity index (χ2v) is 7.55. The van der Waals surface area contributed by atoms with E-state index in [9.17, 15) is 13.2 Å². The van der Waals surface area contributed by atoms with Crippen LogP contribution in [-0.4, -0.2) is 27.1 Å². The number of amides is 1. The van der Waals surface area contributed by atoms with Crippen molar-refractivity contribution in [2.45, 2.75) is 31.6 Å². The minimum atomic E-state index is -3.89. The number of hydrogen-bond acceptors (Lipinski definition) is 5. The van der Waals surface area contributed by atoms with Crippen molar-refractivity contribution in [3.63, 3.8) is 0 Å². The van der Waals surface area contributed by atoms with Crippen molar-refractivity contribution >= 4 is 27.3 Å². The van der Waals surface area contributed by atoms with Crippen LogP contribution in [-0.2, 0) is 10.0 Å². The predicted octanol–water partition coefficient (Wildman–Crippen LogP) is 3.40. The highest BCUT2D eigenvalue weighted by Crippen LogP contribution is 2.26. The highest BCUT2D eigenvalue weighted by molar-refractivity contribution is 7.92. The quantitative estimate of drug-likeness (QED) is 0.534. The number of hydrogen-bond donors (Lipinski definition) is 2. The monoisotopic (exact) mass is 389 g/mol. The molecule has 144 valence electrons. The van der Waals surface area contributed by atoms with E-state index in [2.05, 4.69) is 15.2 Å². The molecule has 0 aromatic heterocycles. The maximum absolute atomic E-state index is 12.7. The zero-order chi connectivity index (χ0) is 19.9. The third-order valence-corrected chi connectivity index (χ3v) is 5.08. The molecule has 1 amide bonds. The molecule has 2 N–H and O–H groups in total. The Balaban J connectivity index is 2.22. The van der Waals surface area contributed by atoms with Crippen molar-refractivity contribution in [3.05, 3.63) is 54.1 Å². The Labute approximate surface area is 159 Å².